The predicted octanol–water partition coefficient (Wildman–Crippen LogP) is 4.54. The summed E-state index contributed by atoms with van der Waals surface area (Å²) in [4.78, 5) is 16.2. The molecular formula is C20H18FN3O. The van der Waals surface area contributed by atoms with Crippen molar-refractivity contribution < 1.29 is 9.18 Å². The van der Waals surface area contributed by atoms with Gasteiger partial charge in [0.1, 0.15) is 11.6 Å². The van der Waals surface area contributed by atoms with Gasteiger partial charge in [-0.2, -0.15) is 0 Å². The molecule has 1 heterocycles. The van der Waals surface area contributed by atoms with Gasteiger partial charge in [-0.15, -0.1) is 0 Å². The van der Waals surface area contributed by atoms with Crippen LogP contribution in [0.5, 0.6) is 0 Å². The molecule has 5 heteroatoms. The molecule has 0 unspecified atom stereocenters. The van der Waals surface area contributed by atoms with Crippen molar-refractivity contribution in [3.05, 3.63) is 84.3 Å². The summed E-state index contributed by atoms with van der Waals surface area (Å²) in [7, 11) is 0. The van der Waals surface area contributed by atoms with E-state index < -0.39 is 0 Å². The molecule has 126 valence electrons. The molecule has 0 fully saturated rings. The van der Waals surface area contributed by atoms with Crippen LogP contribution in [0.2, 0.25) is 0 Å². The highest BCUT2D eigenvalue weighted by atomic mass is 19.1. The number of nitrogens with one attached hydrogen (secondary N) is 2. The van der Waals surface area contributed by atoms with Crippen LogP contribution in [0.25, 0.3) is 0 Å². The minimum absolute atomic E-state index is 0.0813. The summed E-state index contributed by atoms with van der Waals surface area (Å²) in [6.45, 7) is 0. The van der Waals surface area contributed by atoms with Gasteiger partial charge in [-0.3, -0.25) is 4.79 Å². The zero-order valence-corrected chi connectivity index (χ0v) is 13.6. The number of aryl methyl sites for hydroxylation is 1. The second-order valence-corrected chi connectivity index (χ2v) is 5.60. The fraction of sp³-hybridized carbons (Fsp3) is 0.100. The summed E-state index contributed by atoms with van der Waals surface area (Å²) in [5.74, 6) is 0.102. The molecule has 1 amide bonds. The third-order valence-corrected chi connectivity index (χ3v) is 3.63. The number of carbonyl (C=O) groups is 1. The van der Waals surface area contributed by atoms with Crippen LogP contribution in [0.3, 0.4) is 0 Å². The summed E-state index contributed by atoms with van der Waals surface area (Å²) in [6.07, 6.45) is 2.68. The Hall–Kier alpha value is -3.21. The Bertz CT molecular complexity index is 835. The van der Waals surface area contributed by atoms with Crippen LogP contribution >= 0.6 is 0 Å². The Morgan fingerprint density at radius 3 is 2.52 bits per heavy atom. The van der Waals surface area contributed by atoms with Crippen molar-refractivity contribution in [2.75, 3.05) is 10.6 Å². The zero-order valence-electron chi connectivity index (χ0n) is 13.6. The van der Waals surface area contributed by atoms with Crippen LogP contribution in [-0.4, -0.2) is 10.9 Å². The van der Waals surface area contributed by atoms with E-state index in [0.29, 0.717) is 30.0 Å². The second kappa shape index (κ2) is 8.06. The molecule has 0 saturated heterocycles. The standard InChI is InChI=1S/C20H18FN3O/c21-16-7-4-8-17(13-16)23-18-10-11-19(22-14-18)24-20(25)12-9-15-5-2-1-3-6-15/h1-8,10-11,13-14,23H,9,12H2,(H,22,24,25). The molecule has 0 atom stereocenters. The highest BCUT2D eigenvalue weighted by Gasteiger charge is 2.04. The van der Waals surface area contributed by atoms with E-state index in [2.05, 4.69) is 15.6 Å². The monoisotopic (exact) mass is 335 g/mol. The number of benzene rings is 2. The van der Waals surface area contributed by atoms with Crippen molar-refractivity contribution in [2.45, 2.75) is 12.8 Å². The number of amides is 1. The highest BCUT2D eigenvalue weighted by Crippen LogP contribution is 2.17. The fourth-order valence-corrected chi connectivity index (χ4v) is 2.38. The molecule has 0 radical (unpaired) electrons. The molecule has 25 heavy (non-hydrogen) atoms. The number of hydrogen-bond acceptors (Lipinski definition) is 3. The van der Waals surface area contributed by atoms with Gasteiger partial charge in [-0.1, -0.05) is 36.4 Å². The molecule has 2 N–H and O–H groups in total. The maximum absolute atomic E-state index is 13.2. The van der Waals surface area contributed by atoms with Crippen LogP contribution in [0.4, 0.5) is 21.6 Å². The first-order valence-corrected chi connectivity index (χ1v) is 8.01. The second-order valence-electron chi connectivity index (χ2n) is 5.60. The number of aromatic nitrogens is 1. The average Bonchev–Trinajstić information content (AvgIpc) is 2.63. The largest absolute Gasteiger partial charge is 0.354 e. The maximum Gasteiger partial charge on any atom is 0.225 e. The molecule has 4 nitrogen and oxygen atoms in total. The lowest BCUT2D eigenvalue weighted by molar-refractivity contribution is -0.116. The molecule has 0 aliphatic heterocycles. The van der Waals surface area contributed by atoms with Gasteiger partial charge in [0.05, 0.1) is 11.9 Å². The molecule has 0 aliphatic rings. The fourth-order valence-electron chi connectivity index (χ4n) is 2.38. The molecule has 0 bridgehead atoms. The maximum atomic E-state index is 13.2. The molecule has 0 saturated carbocycles. The third kappa shape index (κ3) is 5.14. The van der Waals surface area contributed by atoms with Gasteiger partial charge < -0.3 is 10.6 Å². The van der Waals surface area contributed by atoms with E-state index in [4.69, 9.17) is 0 Å². The highest BCUT2D eigenvalue weighted by molar-refractivity contribution is 5.90. The Morgan fingerprint density at radius 2 is 1.80 bits per heavy atom. The quantitative estimate of drug-likeness (QED) is 0.695. The molecular weight excluding hydrogens is 317 g/mol. The smallest absolute Gasteiger partial charge is 0.225 e. The molecule has 0 spiro atoms. The number of halogens is 1. The Labute approximate surface area is 145 Å². The van der Waals surface area contributed by atoms with Crippen LogP contribution in [-0.2, 0) is 11.2 Å². The minimum Gasteiger partial charge on any atom is -0.354 e. The number of rotatable bonds is 6. The van der Waals surface area contributed by atoms with Gasteiger partial charge in [0.15, 0.2) is 0 Å². The van der Waals surface area contributed by atoms with E-state index in [1.54, 1.807) is 30.5 Å². The Morgan fingerprint density at radius 1 is 0.960 bits per heavy atom. The van der Waals surface area contributed by atoms with Crippen LogP contribution in [0.15, 0.2) is 72.9 Å². The van der Waals surface area contributed by atoms with E-state index in [1.807, 2.05) is 30.3 Å². The first-order valence-electron chi connectivity index (χ1n) is 8.01. The first kappa shape index (κ1) is 16.6. The van der Waals surface area contributed by atoms with E-state index in [0.717, 1.165) is 5.56 Å². The predicted molar refractivity (Wildman–Crippen MR) is 97.3 cm³/mol. The molecule has 3 rings (SSSR count). The number of anilines is 3. The van der Waals surface area contributed by atoms with E-state index in [-0.39, 0.29) is 11.7 Å². The van der Waals surface area contributed by atoms with Crippen LogP contribution in [0, 0.1) is 5.82 Å². The van der Waals surface area contributed by atoms with Gasteiger partial charge >= 0.3 is 0 Å². The van der Waals surface area contributed by atoms with Crippen molar-refractivity contribution in [1.82, 2.24) is 4.98 Å². The lowest BCUT2D eigenvalue weighted by Gasteiger charge is -2.08. The Balaban J connectivity index is 1.52. The van der Waals surface area contributed by atoms with Crippen molar-refractivity contribution in [2.24, 2.45) is 0 Å². The van der Waals surface area contributed by atoms with Gasteiger partial charge in [0.2, 0.25) is 5.91 Å². The number of nitrogens with zero attached hydrogens (tertiary/aromatic N) is 1. The average molecular weight is 335 g/mol. The van der Waals surface area contributed by atoms with Crippen molar-refractivity contribution >= 4 is 23.1 Å². The van der Waals surface area contributed by atoms with Gasteiger partial charge in [-0.25, -0.2) is 9.37 Å². The van der Waals surface area contributed by atoms with Crippen LogP contribution in [0.1, 0.15) is 12.0 Å². The van der Waals surface area contributed by atoms with Crippen molar-refractivity contribution in [3.8, 4) is 0 Å². The van der Waals surface area contributed by atoms with E-state index >= 15 is 0 Å². The minimum atomic E-state index is -0.305. The summed E-state index contributed by atoms with van der Waals surface area (Å²) in [6, 6.07) is 19.5. The topological polar surface area (TPSA) is 54.0 Å². The summed E-state index contributed by atoms with van der Waals surface area (Å²) in [5.41, 5.74) is 2.48. The lowest BCUT2D eigenvalue weighted by atomic mass is 10.1. The van der Waals surface area contributed by atoms with Crippen LogP contribution < -0.4 is 10.6 Å². The summed E-state index contributed by atoms with van der Waals surface area (Å²) in [5, 5.41) is 5.83. The SMILES string of the molecule is O=C(CCc1ccccc1)Nc1ccc(Nc2cccc(F)c2)cn1. The van der Waals surface area contributed by atoms with Gasteiger partial charge in [0.25, 0.3) is 0 Å². The van der Waals surface area contributed by atoms with E-state index in [1.165, 1.54) is 12.1 Å². The normalized spacial score (nSPS) is 10.3. The molecule has 3 aromatic rings. The lowest BCUT2D eigenvalue weighted by Crippen LogP contribution is -2.13. The Kier molecular flexibility index (Phi) is 5.36. The molecule has 0 aliphatic carbocycles. The van der Waals surface area contributed by atoms with Gasteiger partial charge in [-0.05, 0) is 42.3 Å². The molecule has 2 aromatic carbocycles. The van der Waals surface area contributed by atoms with E-state index in [9.17, 15) is 9.18 Å². The third-order valence-electron chi connectivity index (χ3n) is 3.63. The number of pyridine rings is 1. The van der Waals surface area contributed by atoms with Gasteiger partial charge in [0, 0.05) is 12.1 Å². The zero-order chi connectivity index (χ0) is 17.5. The molecule has 1 aromatic heterocycles. The summed E-state index contributed by atoms with van der Waals surface area (Å²) >= 11 is 0. The first-order chi connectivity index (χ1) is 12.2. The van der Waals surface area contributed by atoms with Crippen molar-refractivity contribution in [1.29, 1.82) is 0 Å². The number of carbonyl (C=O) groups excluding carboxylic acids is 1. The summed E-state index contributed by atoms with van der Waals surface area (Å²) < 4.78 is 13.2. The number of hydrogen-bond donors (Lipinski definition) is 2. The van der Waals surface area contributed by atoms with Crippen molar-refractivity contribution in [3.63, 3.8) is 0 Å².